The van der Waals surface area contributed by atoms with Gasteiger partial charge in [0.25, 0.3) is 0 Å². The fraction of sp³-hybridized carbons (Fsp3) is 0.875. The second-order valence-corrected chi connectivity index (χ2v) is 3.97. The zero-order valence-corrected chi connectivity index (χ0v) is 8.62. The molecule has 1 aliphatic rings. The van der Waals surface area contributed by atoms with E-state index in [1.54, 1.807) is 20.8 Å². The molecule has 1 saturated heterocycles. The van der Waals surface area contributed by atoms with Crippen LogP contribution in [-0.4, -0.2) is 24.5 Å². The van der Waals surface area contributed by atoms with Crippen molar-refractivity contribution in [3.05, 3.63) is 0 Å². The Balaban J connectivity index is 2.25. The van der Waals surface area contributed by atoms with E-state index < -0.39 is 17.9 Å². The molecule has 1 fully saturated rings. The first kappa shape index (κ1) is 11.2. The molecule has 1 unspecified atom stereocenters. The summed E-state index contributed by atoms with van der Waals surface area (Å²) in [7, 11) is 0. The summed E-state index contributed by atoms with van der Waals surface area (Å²) in [5.74, 6) is 0. The molecule has 0 aromatic rings. The lowest BCUT2D eigenvalue weighted by atomic mass is 10.2. The predicted molar refractivity (Wildman–Crippen MR) is 47.9 cm³/mol. The van der Waals surface area contributed by atoms with E-state index in [1.807, 2.05) is 0 Å². The number of nitrogens with one attached hydrogen (secondary N) is 2. The van der Waals surface area contributed by atoms with Crippen molar-refractivity contribution in [2.24, 2.45) is 0 Å². The molecule has 1 heterocycles. The molecule has 6 nitrogen and oxygen atoms in total. The van der Waals surface area contributed by atoms with Crippen molar-refractivity contribution in [2.75, 3.05) is 6.61 Å². The molecule has 0 spiro atoms. The topological polar surface area (TPSA) is 68.8 Å². The van der Waals surface area contributed by atoms with Crippen LogP contribution in [-0.2, 0) is 14.4 Å². The van der Waals surface area contributed by atoms with Crippen molar-refractivity contribution in [2.45, 2.75) is 39.0 Å². The van der Waals surface area contributed by atoms with E-state index in [0.717, 1.165) is 0 Å². The average Bonchev–Trinajstić information content (AvgIpc) is 2.02. The fourth-order valence-electron chi connectivity index (χ4n) is 0.899. The van der Waals surface area contributed by atoms with Gasteiger partial charge in [0.05, 0.1) is 6.61 Å². The van der Waals surface area contributed by atoms with Crippen LogP contribution in [0.1, 0.15) is 27.2 Å². The molecule has 0 aromatic heterocycles. The molecule has 1 rings (SSSR count). The Morgan fingerprint density at radius 2 is 2.29 bits per heavy atom. The van der Waals surface area contributed by atoms with Crippen molar-refractivity contribution in [3.63, 3.8) is 0 Å². The first-order valence-corrected chi connectivity index (χ1v) is 4.49. The van der Waals surface area contributed by atoms with Crippen LogP contribution in [0.15, 0.2) is 0 Å². The van der Waals surface area contributed by atoms with Crippen LogP contribution in [0.4, 0.5) is 4.79 Å². The Kier molecular flexibility index (Phi) is 3.68. The predicted octanol–water partition coefficient (Wildman–Crippen LogP) is 0.694. The molecule has 2 N–H and O–H groups in total. The molecule has 0 saturated carbocycles. The van der Waals surface area contributed by atoms with E-state index in [9.17, 15) is 4.79 Å². The summed E-state index contributed by atoms with van der Waals surface area (Å²) < 4.78 is 5.04. The highest BCUT2D eigenvalue weighted by molar-refractivity contribution is 5.67. The molecule has 1 amide bonds. The van der Waals surface area contributed by atoms with Gasteiger partial charge < -0.3 is 4.74 Å². The van der Waals surface area contributed by atoms with Crippen LogP contribution in [0.25, 0.3) is 0 Å². The third kappa shape index (κ3) is 4.40. The van der Waals surface area contributed by atoms with Gasteiger partial charge in [-0.1, -0.05) is 5.64 Å². The van der Waals surface area contributed by atoms with Gasteiger partial charge >= 0.3 is 6.09 Å². The highest BCUT2D eigenvalue weighted by Crippen LogP contribution is 2.07. The maximum Gasteiger partial charge on any atom is 0.409 e. The lowest BCUT2D eigenvalue weighted by molar-refractivity contribution is -0.244. The number of hydrogen-bond acceptors (Lipinski definition) is 5. The fourth-order valence-corrected chi connectivity index (χ4v) is 0.899. The molecular weight excluding hydrogens is 188 g/mol. The minimum atomic E-state index is -0.497. The van der Waals surface area contributed by atoms with Crippen molar-refractivity contribution < 1.29 is 19.2 Å². The van der Waals surface area contributed by atoms with Crippen molar-refractivity contribution >= 4 is 6.09 Å². The summed E-state index contributed by atoms with van der Waals surface area (Å²) in [4.78, 5) is 20.8. The third-order valence-electron chi connectivity index (χ3n) is 1.41. The summed E-state index contributed by atoms with van der Waals surface area (Å²) >= 11 is 0. The van der Waals surface area contributed by atoms with Gasteiger partial charge in [-0.15, -0.1) is 0 Å². The standard InChI is InChI=1S/C8H16N2O4/c1-8(2,3)13-7(11)9-6-4-5-12-10-14-6/h6,10H,4-5H2,1-3H3,(H,9,11). The van der Waals surface area contributed by atoms with E-state index in [0.29, 0.717) is 13.0 Å². The summed E-state index contributed by atoms with van der Waals surface area (Å²) in [6, 6.07) is 0. The third-order valence-corrected chi connectivity index (χ3v) is 1.41. The van der Waals surface area contributed by atoms with Gasteiger partial charge in [0.2, 0.25) is 0 Å². The van der Waals surface area contributed by atoms with Crippen LogP contribution in [0.2, 0.25) is 0 Å². The van der Waals surface area contributed by atoms with Gasteiger partial charge in [0.15, 0.2) is 6.23 Å². The van der Waals surface area contributed by atoms with Crippen molar-refractivity contribution in [1.82, 2.24) is 11.0 Å². The number of carbonyl (C=O) groups is 1. The summed E-state index contributed by atoms with van der Waals surface area (Å²) in [5.41, 5.74) is 1.74. The maximum absolute atomic E-state index is 11.2. The molecule has 0 radical (unpaired) electrons. The number of alkyl carbamates (subject to hydrolysis) is 1. The minimum Gasteiger partial charge on any atom is -0.444 e. The summed E-state index contributed by atoms with van der Waals surface area (Å²) in [5, 5.41) is 2.55. The highest BCUT2D eigenvalue weighted by Gasteiger charge is 2.21. The van der Waals surface area contributed by atoms with Gasteiger partial charge in [0, 0.05) is 6.42 Å². The summed E-state index contributed by atoms with van der Waals surface area (Å²) in [6.07, 6.45) is -0.309. The lowest BCUT2D eigenvalue weighted by Gasteiger charge is -2.25. The number of hydrogen-bond donors (Lipinski definition) is 2. The Labute approximate surface area is 82.8 Å². The highest BCUT2D eigenvalue weighted by atomic mass is 16.9. The van der Waals surface area contributed by atoms with E-state index >= 15 is 0 Å². The minimum absolute atomic E-state index is 0.404. The zero-order chi connectivity index (χ0) is 10.6. The monoisotopic (exact) mass is 204 g/mol. The van der Waals surface area contributed by atoms with Crippen molar-refractivity contribution in [1.29, 1.82) is 0 Å². The van der Waals surface area contributed by atoms with Crippen LogP contribution >= 0.6 is 0 Å². The molecule has 14 heavy (non-hydrogen) atoms. The Hall–Kier alpha value is -0.850. The van der Waals surface area contributed by atoms with Gasteiger partial charge in [-0.3, -0.25) is 15.0 Å². The molecule has 0 aromatic carbocycles. The Morgan fingerprint density at radius 3 is 2.79 bits per heavy atom. The normalized spacial score (nSPS) is 22.9. The number of carbonyl (C=O) groups excluding carboxylic acids is 1. The number of amides is 1. The summed E-state index contributed by atoms with van der Waals surface area (Å²) in [6.45, 7) is 5.89. The second kappa shape index (κ2) is 4.59. The van der Waals surface area contributed by atoms with Crippen LogP contribution in [0, 0.1) is 0 Å². The second-order valence-electron chi connectivity index (χ2n) is 3.97. The van der Waals surface area contributed by atoms with Gasteiger partial charge in [0.1, 0.15) is 5.60 Å². The molecule has 1 aliphatic heterocycles. The Morgan fingerprint density at radius 1 is 1.57 bits per heavy atom. The van der Waals surface area contributed by atoms with Gasteiger partial charge in [-0.05, 0) is 20.8 Å². The molecule has 6 heteroatoms. The number of ether oxygens (including phenoxy) is 1. The molecular formula is C8H16N2O4. The molecule has 0 bridgehead atoms. The molecule has 0 aliphatic carbocycles. The van der Waals surface area contributed by atoms with Gasteiger partial charge in [-0.2, -0.15) is 0 Å². The first-order chi connectivity index (χ1) is 6.47. The van der Waals surface area contributed by atoms with Crippen LogP contribution in [0.3, 0.4) is 0 Å². The van der Waals surface area contributed by atoms with Crippen LogP contribution < -0.4 is 11.0 Å². The maximum atomic E-state index is 11.2. The smallest absolute Gasteiger partial charge is 0.409 e. The van der Waals surface area contributed by atoms with Gasteiger partial charge in [-0.25, -0.2) is 4.79 Å². The largest absolute Gasteiger partial charge is 0.444 e. The Bertz CT molecular complexity index is 196. The quantitative estimate of drug-likeness (QED) is 0.657. The van der Waals surface area contributed by atoms with E-state index in [2.05, 4.69) is 11.0 Å². The van der Waals surface area contributed by atoms with E-state index in [1.165, 1.54) is 0 Å². The van der Waals surface area contributed by atoms with Crippen molar-refractivity contribution in [3.8, 4) is 0 Å². The molecule has 1 atom stereocenters. The average molecular weight is 204 g/mol. The SMILES string of the molecule is CC(C)(C)OC(=O)NC1CCONO1. The van der Waals surface area contributed by atoms with E-state index in [4.69, 9.17) is 14.4 Å². The lowest BCUT2D eigenvalue weighted by Crippen LogP contribution is -2.46. The first-order valence-electron chi connectivity index (χ1n) is 4.49. The zero-order valence-electron chi connectivity index (χ0n) is 8.62. The van der Waals surface area contributed by atoms with Crippen LogP contribution in [0.5, 0.6) is 0 Å². The van der Waals surface area contributed by atoms with E-state index in [-0.39, 0.29) is 0 Å². The molecule has 82 valence electrons. The number of rotatable bonds is 1.